The predicted octanol–water partition coefficient (Wildman–Crippen LogP) is 4.63. The Kier molecular flexibility index (Phi) is 7.08. The highest BCUT2D eigenvalue weighted by molar-refractivity contribution is 6.02. The van der Waals surface area contributed by atoms with Crippen LogP contribution in [0.4, 0.5) is 44.2 Å². The molecule has 208 valence electrons. The van der Waals surface area contributed by atoms with E-state index in [1.807, 2.05) is 0 Å². The van der Waals surface area contributed by atoms with Crippen molar-refractivity contribution in [1.82, 2.24) is 15.3 Å². The molecule has 1 N–H and O–H groups in total. The molecule has 1 fully saturated rings. The summed E-state index contributed by atoms with van der Waals surface area (Å²) >= 11 is 0. The first kappa shape index (κ1) is 27.0. The molecule has 0 radical (unpaired) electrons. The third-order valence-electron chi connectivity index (χ3n) is 6.55. The van der Waals surface area contributed by atoms with Crippen LogP contribution in [0, 0.1) is 17.6 Å². The van der Waals surface area contributed by atoms with Gasteiger partial charge in [0.15, 0.2) is 5.82 Å². The molecule has 2 aliphatic rings. The van der Waals surface area contributed by atoms with E-state index in [-0.39, 0.29) is 44.2 Å². The van der Waals surface area contributed by atoms with Crippen LogP contribution in [0.15, 0.2) is 48.5 Å². The number of esters is 2. The summed E-state index contributed by atoms with van der Waals surface area (Å²) < 4.78 is 71.0. The van der Waals surface area contributed by atoms with Crippen molar-refractivity contribution in [2.75, 3.05) is 22.9 Å². The molecule has 9 nitrogen and oxygen atoms in total. The lowest BCUT2D eigenvalue weighted by molar-refractivity contribution is -0.203. The van der Waals surface area contributed by atoms with Crippen molar-refractivity contribution in [3.63, 3.8) is 0 Å². The van der Waals surface area contributed by atoms with Gasteiger partial charge >= 0.3 is 24.1 Å². The quantitative estimate of drug-likeness (QED) is 0.281. The zero-order chi connectivity index (χ0) is 28.6. The molecule has 0 aliphatic carbocycles. The molecule has 0 unspecified atom stereocenters. The Balaban J connectivity index is 1.51. The van der Waals surface area contributed by atoms with Crippen LogP contribution < -0.4 is 15.1 Å². The third-order valence-corrected chi connectivity index (χ3v) is 6.55. The van der Waals surface area contributed by atoms with E-state index >= 15 is 0 Å². The van der Waals surface area contributed by atoms with Gasteiger partial charge in [-0.15, -0.1) is 0 Å². The number of halogens is 5. The van der Waals surface area contributed by atoms with Gasteiger partial charge in [0.05, 0.1) is 18.2 Å². The minimum Gasteiger partial charge on any atom is -0.386 e. The van der Waals surface area contributed by atoms with Crippen LogP contribution in [0.3, 0.4) is 0 Å². The molecule has 0 spiro atoms. The maximum atomic E-state index is 14.8. The van der Waals surface area contributed by atoms with Gasteiger partial charge in [0.25, 0.3) is 0 Å². The number of para-hydroxylation sites is 1. The average molecular weight is 561 g/mol. The number of hydrogen-bond acceptors (Lipinski definition) is 7. The number of aromatic nitrogens is 2. The van der Waals surface area contributed by atoms with Gasteiger partial charge in [0.1, 0.15) is 17.3 Å². The highest BCUT2D eigenvalue weighted by Gasteiger charge is 2.44. The molecule has 2 aliphatic heterocycles. The number of fused-ring (bicyclic) bond motifs is 1. The highest BCUT2D eigenvalue weighted by Crippen LogP contribution is 2.39. The van der Waals surface area contributed by atoms with Crippen LogP contribution in [0.1, 0.15) is 18.4 Å². The van der Waals surface area contributed by atoms with Crippen molar-refractivity contribution in [2.45, 2.75) is 25.6 Å². The number of carbonyl (C=O) groups excluding carboxylic acids is 3. The van der Waals surface area contributed by atoms with Crippen molar-refractivity contribution in [1.29, 1.82) is 0 Å². The van der Waals surface area contributed by atoms with Crippen LogP contribution >= 0.6 is 0 Å². The number of piperidine rings is 1. The number of rotatable bonds is 4. The fraction of sp³-hybridized carbons (Fsp3) is 0.269. The summed E-state index contributed by atoms with van der Waals surface area (Å²) in [4.78, 5) is 47.7. The lowest BCUT2D eigenvalue weighted by Gasteiger charge is -2.34. The van der Waals surface area contributed by atoms with Crippen molar-refractivity contribution >= 4 is 35.4 Å². The number of nitrogens with one attached hydrogen (secondary N) is 1. The molecule has 1 saturated heterocycles. The predicted molar refractivity (Wildman–Crippen MR) is 130 cm³/mol. The Morgan fingerprint density at radius 2 is 1.60 bits per heavy atom. The smallest absolute Gasteiger partial charge is 0.386 e. The van der Waals surface area contributed by atoms with Crippen molar-refractivity contribution in [2.24, 2.45) is 5.92 Å². The van der Waals surface area contributed by atoms with Gasteiger partial charge in [0.2, 0.25) is 5.95 Å². The number of carbonyl (C=O) groups is 3. The molecule has 0 atom stereocenters. The third kappa shape index (κ3) is 5.16. The van der Waals surface area contributed by atoms with Crippen molar-refractivity contribution < 1.29 is 41.1 Å². The minimum absolute atomic E-state index is 0.0214. The number of alkyl halides is 3. The Labute approximate surface area is 223 Å². The number of hydrogen-bond donors (Lipinski definition) is 1. The van der Waals surface area contributed by atoms with E-state index in [0.29, 0.717) is 16.8 Å². The van der Waals surface area contributed by atoms with E-state index in [0.717, 1.165) is 23.1 Å². The maximum Gasteiger partial charge on any atom is 0.491 e. The fourth-order valence-electron chi connectivity index (χ4n) is 4.58. The van der Waals surface area contributed by atoms with Gasteiger partial charge < -0.3 is 15.0 Å². The summed E-state index contributed by atoms with van der Waals surface area (Å²) in [6.45, 7) is 0.160. The Hall–Kier alpha value is -4.62. The molecule has 1 aromatic heterocycles. The zero-order valence-corrected chi connectivity index (χ0v) is 20.5. The summed E-state index contributed by atoms with van der Waals surface area (Å²) in [5.74, 6) is -6.78. The van der Waals surface area contributed by atoms with Crippen LogP contribution in [-0.4, -0.2) is 47.2 Å². The molecule has 2 amide bonds. The summed E-state index contributed by atoms with van der Waals surface area (Å²) in [6, 6.07) is 11.2. The van der Waals surface area contributed by atoms with Gasteiger partial charge in [-0.25, -0.2) is 28.3 Å². The Bertz CT molecular complexity index is 1460. The largest absolute Gasteiger partial charge is 0.491 e. The minimum atomic E-state index is -5.29. The van der Waals surface area contributed by atoms with Crippen molar-refractivity contribution in [3.8, 4) is 11.3 Å². The van der Waals surface area contributed by atoms with E-state index in [1.165, 1.54) is 0 Å². The molecule has 3 aromatic rings. The summed E-state index contributed by atoms with van der Waals surface area (Å²) in [6.07, 6.45) is -5.24. The number of benzene rings is 2. The molecule has 3 heterocycles. The lowest BCUT2D eigenvalue weighted by atomic mass is 9.97. The molecule has 0 bridgehead atoms. The zero-order valence-electron chi connectivity index (χ0n) is 20.5. The maximum absolute atomic E-state index is 14.8. The van der Waals surface area contributed by atoms with E-state index < -0.39 is 47.4 Å². The highest BCUT2D eigenvalue weighted by atomic mass is 19.4. The molecular formula is C26H20F5N5O4. The summed E-state index contributed by atoms with van der Waals surface area (Å²) in [7, 11) is 0. The van der Waals surface area contributed by atoms with E-state index in [2.05, 4.69) is 20.0 Å². The molecule has 40 heavy (non-hydrogen) atoms. The van der Waals surface area contributed by atoms with Crippen molar-refractivity contribution in [3.05, 3.63) is 65.7 Å². The van der Waals surface area contributed by atoms with Gasteiger partial charge in [-0.2, -0.15) is 18.2 Å². The molecular weight excluding hydrogens is 541 g/mol. The van der Waals surface area contributed by atoms with Crippen LogP contribution in [0.2, 0.25) is 0 Å². The van der Waals surface area contributed by atoms with E-state index in [1.54, 1.807) is 35.2 Å². The van der Waals surface area contributed by atoms with Gasteiger partial charge in [-0.05, 0) is 25.0 Å². The van der Waals surface area contributed by atoms with Crippen LogP contribution in [-0.2, 0) is 20.9 Å². The number of nitrogens with zero attached hydrogens (tertiary/aromatic N) is 4. The van der Waals surface area contributed by atoms with Gasteiger partial charge in [0, 0.05) is 24.2 Å². The average Bonchev–Trinajstić information content (AvgIpc) is 2.93. The molecule has 0 saturated carbocycles. The molecule has 2 aromatic carbocycles. The summed E-state index contributed by atoms with van der Waals surface area (Å²) in [5.41, 5.74) is 0.804. The van der Waals surface area contributed by atoms with Crippen LogP contribution in [0.5, 0.6) is 0 Å². The lowest BCUT2D eigenvalue weighted by Crippen LogP contribution is -2.44. The second-order valence-electron chi connectivity index (χ2n) is 9.07. The second-order valence-corrected chi connectivity index (χ2v) is 9.07. The number of anilines is 3. The normalized spacial score (nSPS) is 15.9. The second kappa shape index (κ2) is 10.5. The fourth-order valence-corrected chi connectivity index (χ4v) is 4.58. The van der Waals surface area contributed by atoms with Crippen LogP contribution in [0.25, 0.3) is 11.3 Å². The number of amides is 2. The number of urea groups is 1. The van der Waals surface area contributed by atoms with E-state index in [9.17, 15) is 36.3 Å². The first-order chi connectivity index (χ1) is 19.0. The first-order valence-corrected chi connectivity index (χ1v) is 12.1. The monoisotopic (exact) mass is 561 g/mol. The summed E-state index contributed by atoms with van der Waals surface area (Å²) in [5, 5.41) is 2.60. The van der Waals surface area contributed by atoms with E-state index in [4.69, 9.17) is 0 Å². The van der Waals surface area contributed by atoms with Gasteiger partial charge in [-0.3, -0.25) is 4.79 Å². The van der Waals surface area contributed by atoms with Gasteiger partial charge in [-0.1, -0.05) is 36.4 Å². The molecule has 14 heteroatoms. The SMILES string of the molecule is O=C(OC(=O)C(F)(F)F)C1CCN(c2nc(-c3ccccc3)c3c(n2)N(c2c(F)cccc2F)C(=O)NC3)CC1. The Morgan fingerprint density at radius 1 is 0.950 bits per heavy atom. The number of ether oxygens (including phenoxy) is 1. The Morgan fingerprint density at radius 3 is 2.23 bits per heavy atom. The topological polar surface area (TPSA) is 105 Å². The standard InChI is InChI=1S/C26H20F5N5O4/c27-17-7-4-8-18(28)20(17)36-21-16(13-32-25(36)39)19(14-5-2-1-3-6-14)33-24(34-21)35-11-9-15(10-12-35)22(37)40-23(38)26(29,30)31/h1-8,15H,9-13H2,(H,32,39). The first-order valence-electron chi connectivity index (χ1n) is 12.1. The molecule has 5 rings (SSSR count).